The van der Waals surface area contributed by atoms with Crippen LogP contribution < -0.4 is 10.6 Å². The lowest BCUT2D eigenvalue weighted by Crippen LogP contribution is -2.52. The van der Waals surface area contributed by atoms with Gasteiger partial charge < -0.3 is 10.6 Å². The Bertz CT molecular complexity index is 731. The van der Waals surface area contributed by atoms with Gasteiger partial charge in [0, 0.05) is 30.1 Å². The highest BCUT2D eigenvalue weighted by molar-refractivity contribution is 5.80. The lowest BCUT2D eigenvalue weighted by Gasteiger charge is -2.39. The second-order valence-corrected chi connectivity index (χ2v) is 10.3. The number of hydrogen-bond donors (Lipinski definition) is 2. The van der Waals surface area contributed by atoms with Gasteiger partial charge in [0.25, 0.3) is 0 Å². The molecule has 3 aliphatic rings. The highest BCUT2D eigenvalue weighted by Crippen LogP contribution is 2.38. The van der Waals surface area contributed by atoms with Gasteiger partial charge in [-0.1, -0.05) is 24.3 Å². The standard InChI is InChI=1S/C24H35N3O2/c1-24(2,3)26-22(28)15-27-20-8-9-21(27)11-16(10-20)14-25-23(29)19-12-17-6-4-5-7-18(17)13-19/h4-7,16,19-21H,8-15H2,1-3H3,(H,25,29)(H,26,28)/t16-,20-,21+. The maximum atomic E-state index is 12.7. The van der Waals surface area contributed by atoms with Gasteiger partial charge in [-0.2, -0.15) is 0 Å². The second-order valence-electron chi connectivity index (χ2n) is 10.3. The normalized spacial score (nSPS) is 26.9. The number of rotatable bonds is 5. The Morgan fingerprint density at radius 1 is 1.03 bits per heavy atom. The highest BCUT2D eigenvalue weighted by Gasteiger charge is 2.41. The van der Waals surface area contributed by atoms with Crippen LogP contribution in [0.15, 0.2) is 24.3 Å². The van der Waals surface area contributed by atoms with Crippen molar-refractivity contribution in [3.05, 3.63) is 35.4 Å². The van der Waals surface area contributed by atoms with Crippen LogP contribution in [0.4, 0.5) is 0 Å². The first-order chi connectivity index (χ1) is 13.8. The summed E-state index contributed by atoms with van der Waals surface area (Å²) in [4.78, 5) is 27.5. The summed E-state index contributed by atoms with van der Waals surface area (Å²) in [6.07, 6.45) is 6.27. The molecule has 1 aliphatic carbocycles. The fourth-order valence-electron chi connectivity index (χ4n) is 5.57. The van der Waals surface area contributed by atoms with Crippen LogP contribution in [0.5, 0.6) is 0 Å². The van der Waals surface area contributed by atoms with E-state index in [1.165, 1.54) is 24.0 Å². The summed E-state index contributed by atoms with van der Waals surface area (Å²) in [5.74, 6) is 0.954. The molecule has 2 heterocycles. The average Bonchev–Trinajstić information content (AvgIpc) is 3.16. The van der Waals surface area contributed by atoms with Gasteiger partial charge in [-0.15, -0.1) is 0 Å². The summed E-state index contributed by atoms with van der Waals surface area (Å²) >= 11 is 0. The van der Waals surface area contributed by atoms with Crippen molar-refractivity contribution in [3.63, 3.8) is 0 Å². The lowest BCUT2D eigenvalue weighted by atomic mass is 9.90. The summed E-state index contributed by atoms with van der Waals surface area (Å²) in [6.45, 7) is 7.36. The third kappa shape index (κ3) is 4.82. The Morgan fingerprint density at radius 3 is 2.17 bits per heavy atom. The lowest BCUT2D eigenvalue weighted by molar-refractivity contribution is -0.125. The zero-order valence-corrected chi connectivity index (χ0v) is 18.0. The summed E-state index contributed by atoms with van der Waals surface area (Å²) < 4.78 is 0. The molecule has 2 aliphatic heterocycles. The van der Waals surface area contributed by atoms with Gasteiger partial charge in [0.15, 0.2) is 0 Å². The van der Waals surface area contributed by atoms with Crippen molar-refractivity contribution < 1.29 is 9.59 Å². The SMILES string of the molecule is CC(C)(C)NC(=O)CN1[C@@H]2CC[C@H]1C[C@H](CNC(=O)C1Cc3ccccc3C1)C2. The van der Waals surface area contributed by atoms with Gasteiger partial charge in [-0.05, 0) is 76.3 Å². The van der Waals surface area contributed by atoms with Crippen molar-refractivity contribution in [2.75, 3.05) is 13.1 Å². The minimum absolute atomic E-state index is 0.0882. The molecule has 0 unspecified atom stereocenters. The zero-order chi connectivity index (χ0) is 20.6. The van der Waals surface area contributed by atoms with E-state index in [9.17, 15) is 9.59 Å². The Kier molecular flexibility index (Phi) is 5.69. The first kappa shape index (κ1) is 20.4. The predicted molar refractivity (Wildman–Crippen MR) is 114 cm³/mol. The predicted octanol–water partition coefficient (Wildman–Crippen LogP) is 2.68. The molecule has 4 rings (SSSR count). The molecule has 5 heteroatoms. The van der Waals surface area contributed by atoms with Crippen LogP contribution in [0.25, 0.3) is 0 Å². The molecule has 158 valence electrons. The van der Waals surface area contributed by atoms with Crippen LogP contribution in [0.2, 0.25) is 0 Å². The van der Waals surface area contributed by atoms with Crippen LogP contribution in [0.1, 0.15) is 57.6 Å². The molecular formula is C24H35N3O2. The third-order valence-corrected chi connectivity index (χ3v) is 6.81. The number of piperidine rings is 1. The molecule has 0 radical (unpaired) electrons. The van der Waals surface area contributed by atoms with E-state index in [-0.39, 0.29) is 23.3 Å². The maximum absolute atomic E-state index is 12.7. The number of nitrogens with zero attached hydrogens (tertiary/aromatic N) is 1. The molecule has 2 bridgehead atoms. The molecule has 0 aromatic heterocycles. The van der Waals surface area contributed by atoms with Crippen molar-refractivity contribution in [1.29, 1.82) is 0 Å². The van der Waals surface area contributed by atoms with Crippen LogP contribution >= 0.6 is 0 Å². The molecule has 0 spiro atoms. The van der Waals surface area contributed by atoms with E-state index in [1.807, 2.05) is 20.8 Å². The highest BCUT2D eigenvalue weighted by atomic mass is 16.2. The van der Waals surface area contributed by atoms with Crippen molar-refractivity contribution in [1.82, 2.24) is 15.5 Å². The number of carbonyl (C=O) groups is 2. The quantitative estimate of drug-likeness (QED) is 0.803. The Balaban J connectivity index is 1.24. The number of nitrogens with one attached hydrogen (secondary N) is 2. The van der Waals surface area contributed by atoms with E-state index >= 15 is 0 Å². The molecule has 2 fully saturated rings. The third-order valence-electron chi connectivity index (χ3n) is 6.81. The van der Waals surface area contributed by atoms with Crippen LogP contribution in [-0.4, -0.2) is 47.4 Å². The largest absolute Gasteiger partial charge is 0.356 e. The number of amides is 2. The van der Waals surface area contributed by atoms with E-state index in [4.69, 9.17) is 0 Å². The molecule has 1 aromatic carbocycles. The average molecular weight is 398 g/mol. The van der Waals surface area contributed by atoms with Gasteiger partial charge >= 0.3 is 0 Å². The number of fused-ring (bicyclic) bond motifs is 3. The molecule has 3 atom stereocenters. The Hall–Kier alpha value is -1.88. The molecule has 0 saturated carbocycles. The van der Waals surface area contributed by atoms with E-state index in [1.54, 1.807) is 0 Å². The van der Waals surface area contributed by atoms with Crippen LogP contribution in [-0.2, 0) is 22.4 Å². The maximum Gasteiger partial charge on any atom is 0.234 e. The van der Waals surface area contributed by atoms with Crippen LogP contribution in [0.3, 0.4) is 0 Å². The molecule has 1 aromatic rings. The number of benzene rings is 1. The van der Waals surface area contributed by atoms with Gasteiger partial charge in [-0.3, -0.25) is 14.5 Å². The molecule has 2 N–H and O–H groups in total. The van der Waals surface area contributed by atoms with Gasteiger partial charge in [0.2, 0.25) is 11.8 Å². The van der Waals surface area contributed by atoms with E-state index in [0.29, 0.717) is 24.5 Å². The van der Waals surface area contributed by atoms with Gasteiger partial charge in [-0.25, -0.2) is 0 Å². The molecule has 2 amide bonds. The summed E-state index contributed by atoms with van der Waals surface area (Å²) in [6, 6.07) is 9.38. The smallest absolute Gasteiger partial charge is 0.234 e. The number of carbonyl (C=O) groups excluding carboxylic acids is 2. The Morgan fingerprint density at radius 2 is 1.62 bits per heavy atom. The van der Waals surface area contributed by atoms with E-state index in [2.05, 4.69) is 39.8 Å². The topological polar surface area (TPSA) is 61.4 Å². The van der Waals surface area contributed by atoms with E-state index in [0.717, 1.165) is 32.2 Å². The fourth-order valence-corrected chi connectivity index (χ4v) is 5.57. The summed E-state index contributed by atoms with van der Waals surface area (Å²) in [7, 11) is 0. The minimum Gasteiger partial charge on any atom is -0.356 e. The first-order valence-corrected chi connectivity index (χ1v) is 11.2. The monoisotopic (exact) mass is 397 g/mol. The Labute approximate surface area is 174 Å². The van der Waals surface area contributed by atoms with Crippen molar-refractivity contribution >= 4 is 11.8 Å². The van der Waals surface area contributed by atoms with Gasteiger partial charge in [0.05, 0.1) is 6.54 Å². The number of hydrogen-bond acceptors (Lipinski definition) is 3. The first-order valence-electron chi connectivity index (χ1n) is 11.2. The van der Waals surface area contributed by atoms with Crippen molar-refractivity contribution in [2.24, 2.45) is 11.8 Å². The summed E-state index contributed by atoms with van der Waals surface area (Å²) in [5.41, 5.74) is 2.47. The second kappa shape index (κ2) is 8.10. The molecule has 5 nitrogen and oxygen atoms in total. The van der Waals surface area contributed by atoms with E-state index < -0.39 is 0 Å². The molecular weight excluding hydrogens is 362 g/mol. The minimum atomic E-state index is -0.182. The fraction of sp³-hybridized carbons (Fsp3) is 0.667. The molecule has 29 heavy (non-hydrogen) atoms. The van der Waals surface area contributed by atoms with Gasteiger partial charge in [0.1, 0.15) is 0 Å². The van der Waals surface area contributed by atoms with Crippen molar-refractivity contribution in [3.8, 4) is 0 Å². The zero-order valence-electron chi connectivity index (χ0n) is 18.0. The van der Waals surface area contributed by atoms with Crippen LogP contribution in [0, 0.1) is 11.8 Å². The molecule has 2 saturated heterocycles. The summed E-state index contributed by atoms with van der Waals surface area (Å²) in [5, 5.41) is 6.34. The van der Waals surface area contributed by atoms with Crippen molar-refractivity contribution in [2.45, 2.75) is 76.9 Å².